The third kappa shape index (κ3) is 3.94. The number of thioether (sulfide) groups is 1. The lowest BCUT2D eigenvalue weighted by atomic mass is 10.2. The number of hydrogen-bond acceptors (Lipinski definition) is 6. The number of carbonyl (C=O) groups is 2. The number of halogens is 1. The van der Waals surface area contributed by atoms with Crippen molar-refractivity contribution in [3.63, 3.8) is 0 Å². The normalized spacial score (nSPS) is 19.6. The fourth-order valence-corrected chi connectivity index (χ4v) is 4.17. The van der Waals surface area contributed by atoms with Crippen molar-refractivity contribution >= 4 is 35.1 Å². The molecule has 2 aliphatic heterocycles. The summed E-state index contributed by atoms with van der Waals surface area (Å²) in [5, 5.41) is 2.66. The van der Waals surface area contributed by atoms with Crippen LogP contribution >= 0.6 is 11.8 Å². The van der Waals surface area contributed by atoms with Crippen molar-refractivity contribution in [2.24, 2.45) is 0 Å². The van der Waals surface area contributed by atoms with Gasteiger partial charge in [-0.2, -0.15) is 11.8 Å². The first-order chi connectivity index (χ1) is 13.6. The molecule has 7 nitrogen and oxygen atoms in total. The molecule has 2 amide bonds. The Bertz CT molecular complexity index is 855. The van der Waals surface area contributed by atoms with Gasteiger partial charge in [0, 0.05) is 24.6 Å². The molecule has 1 N–H and O–H groups in total. The number of cyclic esters (lactones) is 1. The Kier molecular flexibility index (Phi) is 5.43. The van der Waals surface area contributed by atoms with Gasteiger partial charge in [-0.15, -0.1) is 0 Å². The number of ether oxygens (including phenoxy) is 1. The van der Waals surface area contributed by atoms with Crippen molar-refractivity contribution in [3.05, 3.63) is 48.2 Å². The summed E-state index contributed by atoms with van der Waals surface area (Å²) in [4.78, 5) is 27.5. The summed E-state index contributed by atoms with van der Waals surface area (Å²) in [6, 6.07) is 7.97. The Hall–Kier alpha value is -2.68. The van der Waals surface area contributed by atoms with E-state index in [1.807, 2.05) is 16.7 Å². The Morgan fingerprint density at radius 1 is 1.29 bits per heavy atom. The van der Waals surface area contributed by atoms with Crippen LogP contribution in [-0.4, -0.2) is 55.8 Å². The van der Waals surface area contributed by atoms with Gasteiger partial charge in [0.15, 0.2) is 5.76 Å². The molecule has 28 heavy (non-hydrogen) atoms. The molecule has 2 saturated heterocycles. The molecule has 148 valence electrons. The molecular formula is C19H20FN3O4S. The number of carbonyl (C=O) groups excluding carboxylic acids is 2. The molecule has 0 saturated carbocycles. The van der Waals surface area contributed by atoms with Crippen molar-refractivity contribution in [2.75, 3.05) is 47.5 Å². The molecule has 2 fully saturated rings. The van der Waals surface area contributed by atoms with Crippen molar-refractivity contribution in [3.8, 4) is 0 Å². The number of amides is 2. The molecule has 0 unspecified atom stereocenters. The molecule has 0 aliphatic carbocycles. The molecule has 2 aliphatic rings. The highest BCUT2D eigenvalue weighted by Crippen LogP contribution is 2.29. The third-order valence-corrected chi connectivity index (χ3v) is 5.65. The summed E-state index contributed by atoms with van der Waals surface area (Å²) in [7, 11) is 0. The van der Waals surface area contributed by atoms with Gasteiger partial charge in [0.25, 0.3) is 5.91 Å². The molecule has 1 atom stereocenters. The average Bonchev–Trinajstić information content (AvgIpc) is 3.37. The van der Waals surface area contributed by atoms with Crippen molar-refractivity contribution in [1.82, 2.24) is 5.32 Å². The minimum absolute atomic E-state index is 0.147. The monoisotopic (exact) mass is 405 g/mol. The fourth-order valence-electron chi connectivity index (χ4n) is 3.26. The number of nitrogens with one attached hydrogen (secondary N) is 1. The maximum absolute atomic E-state index is 14.6. The lowest BCUT2D eigenvalue weighted by molar-refractivity contribution is 0.0889. The second-order valence-corrected chi connectivity index (χ2v) is 7.76. The SMILES string of the molecule is O=C(NC[C@H]1CN(c2ccc(N3CCSCC3)c(F)c2)C(=O)O1)c1ccco1. The largest absolute Gasteiger partial charge is 0.459 e. The summed E-state index contributed by atoms with van der Waals surface area (Å²) in [6.07, 6.45) is 0.333. The van der Waals surface area contributed by atoms with Crippen LogP contribution in [0.2, 0.25) is 0 Å². The molecule has 9 heteroatoms. The number of rotatable bonds is 5. The van der Waals surface area contributed by atoms with Gasteiger partial charge in [-0.1, -0.05) is 0 Å². The quantitative estimate of drug-likeness (QED) is 0.825. The van der Waals surface area contributed by atoms with E-state index in [-0.39, 0.29) is 30.6 Å². The summed E-state index contributed by atoms with van der Waals surface area (Å²) >= 11 is 1.86. The highest BCUT2D eigenvalue weighted by atomic mass is 32.2. The zero-order valence-electron chi connectivity index (χ0n) is 15.1. The molecule has 0 bridgehead atoms. The second kappa shape index (κ2) is 8.14. The van der Waals surface area contributed by atoms with Crippen molar-refractivity contribution in [1.29, 1.82) is 0 Å². The van der Waals surface area contributed by atoms with Gasteiger partial charge in [-0.05, 0) is 30.3 Å². The zero-order chi connectivity index (χ0) is 19.5. The minimum Gasteiger partial charge on any atom is -0.459 e. The van der Waals surface area contributed by atoms with Gasteiger partial charge in [0.1, 0.15) is 11.9 Å². The Morgan fingerprint density at radius 3 is 2.82 bits per heavy atom. The molecule has 0 spiro atoms. The summed E-state index contributed by atoms with van der Waals surface area (Å²) in [6.45, 7) is 2.00. The lowest BCUT2D eigenvalue weighted by Crippen LogP contribution is -2.34. The minimum atomic E-state index is -0.557. The standard InChI is InChI=1S/C19H20FN3O4S/c20-15-10-13(3-4-16(15)22-5-8-28-9-6-22)23-12-14(27-19(23)25)11-21-18(24)17-2-1-7-26-17/h1-4,7,10,14H,5-6,8-9,11-12H2,(H,21,24)/t14-/m0/s1. The third-order valence-electron chi connectivity index (χ3n) is 4.70. The van der Waals surface area contributed by atoms with Gasteiger partial charge >= 0.3 is 6.09 Å². The van der Waals surface area contributed by atoms with E-state index in [2.05, 4.69) is 5.32 Å². The summed E-state index contributed by atoms with van der Waals surface area (Å²) in [5.41, 5.74) is 0.997. The van der Waals surface area contributed by atoms with E-state index < -0.39 is 12.2 Å². The highest BCUT2D eigenvalue weighted by molar-refractivity contribution is 7.99. The van der Waals surface area contributed by atoms with Gasteiger partial charge in [-0.25, -0.2) is 9.18 Å². The van der Waals surface area contributed by atoms with E-state index in [9.17, 15) is 14.0 Å². The van der Waals surface area contributed by atoms with Crippen LogP contribution in [0.25, 0.3) is 0 Å². The molecule has 1 aromatic carbocycles. The van der Waals surface area contributed by atoms with E-state index >= 15 is 0 Å². The van der Waals surface area contributed by atoms with Gasteiger partial charge in [0.2, 0.25) is 0 Å². The van der Waals surface area contributed by atoms with Crippen LogP contribution < -0.4 is 15.1 Å². The van der Waals surface area contributed by atoms with Crippen LogP contribution in [0.15, 0.2) is 41.0 Å². The van der Waals surface area contributed by atoms with Crippen molar-refractivity contribution < 1.29 is 23.1 Å². The molecule has 1 aromatic heterocycles. The predicted molar refractivity (Wildman–Crippen MR) is 105 cm³/mol. The summed E-state index contributed by atoms with van der Waals surface area (Å²) < 4.78 is 24.9. The van der Waals surface area contributed by atoms with Gasteiger partial charge < -0.3 is 19.4 Å². The number of anilines is 2. The number of benzene rings is 1. The van der Waals surface area contributed by atoms with Gasteiger partial charge in [0.05, 0.1) is 30.7 Å². The van der Waals surface area contributed by atoms with E-state index in [1.54, 1.807) is 24.3 Å². The Balaban J connectivity index is 1.38. The van der Waals surface area contributed by atoms with E-state index in [4.69, 9.17) is 9.15 Å². The predicted octanol–water partition coefficient (Wildman–Crippen LogP) is 2.73. The van der Waals surface area contributed by atoms with Crippen molar-refractivity contribution in [2.45, 2.75) is 6.10 Å². The van der Waals surface area contributed by atoms with Crippen LogP contribution in [0, 0.1) is 5.82 Å². The van der Waals surface area contributed by atoms with Crippen LogP contribution in [0.3, 0.4) is 0 Å². The van der Waals surface area contributed by atoms with Gasteiger partial charge in [-0.3, -0.25) is 9.69 Å². The Labute approximate surface area is 165 Å². The molecule has 0 radical (unpaired) electrons. The second-order valence-electron chi connectivity index (χ2n) is 6.54. The number of hydrogen-bond donors (Lipinski definition) is 1. The van der Waals surface area contributed by atoms with E-state index in [0.29, 0.717) is 11.4 Å². The topological polar surface area (TPSA) is 75.0 Å². The maximum Gasteiger partial charge on any atom is 0.414 e. The zero-order valence-corrected chi connectivity index (χ0v) is 15.9. The van der Waals surface area contributed by atoms with Crippen LogP contribution in [0.4, 0.5) is 20.6 Å². The smallest absolute Gasteiger partial charge is 0.414 e. The Morgan fingerprint density at radius 2 is 2.11 bits per heavy atom. The first-order valence-corrected chi connectivity index (χ1v) is 10.2. The number of nitrogens with zero attached hydrogens (tertiary/aromatic N) is 2. The van der Waals surface area contributed by atoms with E-state index in [1.165, 1.54) is 17.2 Å². The lowest BCUT2D eigenvalue weighted by Gasteiger charge is -2.29. The molecule has 2 aromatic rings. The summed E-state index contributed by atoms with van der Waals surface area (Å²) in [5.74, 6) is 1.41. The van der Waals surface area contributed by atoms with Crippen LogP contribution in [0.1, 0.15) is 10.6 Å². The fraction of sp³-hybridized carbons (Fsp3) is 0.368. The first-order valence-electron chi connectivity index (χ1n) is 9.04. The van der Waals surface area contributed by atoms with E-state index in [0.717, 1.165) is 24.6 Å². The molecular weight excluding hydrogens is 385 g/mol. The maximum atomic E-state index is 14.6. The number of furan rings is 1. The first kappa shape index (κ1) is 18.7. The van der Waals surface area contributed by atoms with Crippen LogP contribution in [0.5, 0.6) is 0 Å². The molecule has 3 heterocycles. The van der Waals surface area contributed by atoms with Crippen LogP contribution in [-0.2, 0) is 4.74 Å². The average molecular weight is 405 g/mol. The molecule has 4 rings (SSSR count). The highest BCUT2D eigenvalue weighted by Gasteiger charge is 2.33.